The van der Waals surface area contributed by atoms with Gasteiger partial charge in [0.1, 0.15) is 11.9 Å². The third kappa shape index (κ3) is 2.91. The zero-order valence-corrected chi connectivity index (χ0v) is 11.0. The number of nitrogens with zero attached hydrogens (tertiary/aromatic N) is 2. The van der Waals surface area contributed by atoms with E-state index in [1.54, 1.807) is 17.0 Å². The number of benzene rings is 1. The fraction of sp³-hybridized carbons (Fsp3) is 0.429. The molecule has 1 unspecified atom stereocenters. The largest absolute Gasteiger partial charge is 0.309 e. The molecule has 1 heterocycles. The molecule has 4 nitrogen and oxygen atoms in total. The molecule has 0 saturated carbocycles. The lowest BCUT2D eigenvalue weighted by Crippen LogP contribution is -2.65. The minimum absolute atomic E-state index is 0.125. The molecule has 1 aromatic rings. The molecule has 100 valence electrons. The summed E-state index contributed by atoms with van der Waals surface area (Å²) in [5, 5.41) is 12.0. The third-order valence-electron chi connectivity index (χ3n) is 3.12. The summed E-state index contributed by atoms with van der Waals surface area (Å²) in [5.74, 6) is -0.480. The monoisotopic (exact) mass is 261 g/mol. The summed E-state index contributed by atoms with van der Waals surface area (Å²) in [6, 6.07) is 7.33. The highest BCUT2D eigenvalue weighted by Gasteiger charge is 2.38. The van der Waals surface area contributed by atoms with Gasteiger partial charge in [-0.05, 0) is 38.1 Å². The minimum atomic E-state index is -0.515. The fourth-order valence-electron chi connectivity index (χ4n) is 2.31. The van der Waals surface area contributed by atoms with Gasteiger partial charge < -0.3 is 4.90 Å². The Labute approximate surface area is 111 Å². The maximum absolute atomic E-state index is 12.9. The summed E-state index contributed by atoms with van der Waals surface area (Å²) < 4.78 is 12.9. The second-order valence-corrected chi connectivity index (χ2v) is 5.34. The summed E-state index contributed by atoms with van der Waals surface area (Å²) in [6.45, 7) is 4.43. The van der Waals surface area contributed by atoms with Gasteiger partial charge in [0, 0.05) is 17.8 Å². The average molecular weight is 261 g/mol. The van der Waals surface area contributed by atoms with E-state index < -0.39 is 6.04 Å². The summed E-state index contributed by atoms with van der Waals surface area (Å²) in [7, 11) is 0. The van der Waals surface area contributed by atoms with Crippen molar-refractivity contribution in [1.82, 2.24) is 5.32 Å². The number of carbonyl (C=O) groups excluding carboxylic acids is 1. The number of nitriles is 1. The maximum Gasteiger partial charge on any atom is 0.245 e. The summed E-state index contributed by atoms with van der Waals surface area (Å²) in [4.78, 5) is 13.9. The van der Waals surface area contributed by atoms with Crippen LogP contribution < -0.4 is 10.2 Å². The fourth-order valence-corrected chi connectivity index (χ4v) is 2.31. The quantitative estimate of drug-likeness (QED) is 0.883. The van der Waals surface area contributed by atoms with Gasteiger partial charge in [-0.25, -0.2) is 4.39 Å². The number of piperazine rings is 1. The molecular weight excluding hydrogens is 245 g/mol. The van der Waals surface area contributed by atoms with Gasteiger partial charge in [-0.2, -0.15) is 5.26 Å². The predicted octanol–water partition coefficient (Wildman–Crippen LogP) is 1.82. The second-order valence-electron chi connectivity index (χ2n) is 5.34. The summed E-state index contributed by atoms with van der Waals surface area (Å²) in [6.07, 6.45) is 0.125. The van der Waals surface area contributed by atoms with Gasteiger partial charge in [0.05, 0.1) is 12.5 Å². The van der Waals surface area contributed by atoms with Crippen LogP contribution in [0.15, 0.2) is 24.3 Å². The Bertz CT molecular complexity index is 518. The number of hydrogen-bond donors (Lipinski definition) is 1. The highest BCUT2D eigenvalue weighted by Crippen LogP contribution is 2.24. The number of hydrogen-bond acceptors (Lipinski definition) is 3. The molecule has 0 aromatic heterocycles. The standard InChI is InChI=1S/C14H16FN3O/c1-14(2)9-18(11-5-3-10(15)4-6-11)13(19)12(17-14)7-8-16/h3-6,12,17H,7,9H2,1-2H3. The van der Waals surface area contributed by atoms with Crippen LogP contribution in [0.25, 0.3) is 0 Å². The number of amides is 1. The molecule has 1 aliphatic heterocycles. The van der Waals surface area contributed by atoms with Gasteiger partial charge >= 0.3 is 0 Å². The molecule has 0 aliphatic carbocycles. The van der Waals surface area contributed by atoms with Gasteiger partial charge in [-0.15, -0.1) is 0 Å². The molecule has 0 radical (unpaired) electrons. The van der Waals surface area contributed by atoms with Crippen LogP contribution in [0.2, 0.25) is 0 Å². The first kappa shape index (κ1) is 13.5. The summed E-state index contributed by atoms with van der Waals surface area (Å²) in [5.41, 5.74) is 0.369. The Morgan fingerprint density at radius 2 is 2.11 bits per heavy atom. The molecular formula is C14H16FN3O. The van der Waals surface area contributed by atoms with Crippen molar-refractivity contribution in [2.24, 2.45) is 0 Å². The van der Waals surface area contributed by atoms with E-state index in [0.29, 0.717) is 12.2 Å². The molecule has 19 heavy (non-hydrogen) atoms. The topological polar surface area (TPSA) is 56.1 Å². The van der Waals surface area contributed by atoms with Gasteiger partial charge in [-0.3, -0.25) is 10.1 Å². The Hall–Kier alpha value is -1.93. The molecule has 1 N–H and O–H groups in total. The summed E-state index contributed by atoms with van der Waals surface area (Å²) >= 11 is 0. The molecule has 1 aliphatic rings. The number of anilines is 1. The van der Waals surface area contributed by atoms with Crippen LogP contribution in [0.4, 0.5) is 10.1 Å². The van der Waals surface area contributed by atoms with Crippen molar-refractivity contribution >= 4 is 11.6 Å². The van der Waals surface area contributed by atoms with Crippen molar-refractivity contribution in [2.75, 3.05) is 11.4 Å². The normalized spacial score (nSPS) is 22.1. The molecule has 1 fully saturated rings. The third-order valence-corrected chi connectivity index (χ3v) is 3.12. The Morgan fingerprint density at radius 3 is 2.68 bits per heavy atom. The van der Waals surface area contributed by atoms with Gasteiger partial charge in [0.25, 0.3) is 0 Å². The van der Waals surface area contributed by atoms with Gasteiger partial charge in [-0.1, -0.05) is 0 Å². The highest BCUT2D eigenvalue weighted by molar-refractivity contribution is 5.98. The number of carbonyl (C=O) groups is 1. The van der Waals surface area contributed by atoms with E-state index in [9.17, 15) is 9.18 Å². The predicted molar refractivity (Wildman–Crippen MR) is 70.0 cm³/mol. The van der Waals surface area contributed by atoms with Gasteiger partial charge in [0.2, 0.25) is 5.91 Å². The maximum atomic E-state index is 12.9. The zero-order valence-electron chi connectivity index (χ0n) is 11.0. The Balaban J connectivity index is 2.30. The van der Waals surface area contributed by atoms with Crippen molar-refractivity contribution in [3.63, 3.8) is 0 Å². The molecule has 1 amide bonds. The molecule has 1 saturated heterocycles. The van der Waals surface area contributed by atoms with E-state index >= 15 is 0 Å². The average Bonchev–Trinajstić information content (AvgIpc) is 2.34. The zero-order chi connectivity index (χ0) is 14.0. The first-order valence-electron chi connectivity index (χ1n) is 6.14. The van der Waals surface area contributed by atoms with Crippen molar-refractivity contribution in [1.29, 1.82) is 5.26 Å². The number of nitrogens with one attached hydrogen (secondary N) is 1. The van der Waals surface area contributed by atoms with E-state index in [0.717, 1.165) is 0 Å². The molecule has 2 rings (SSSR count). The molecule has 0 bridgehead atoms. The smallest absolute Gasteiger partial charge is 0.245 e. The van der Waals surface area contributed by atoms with Crippen molar-refractivity contribution in [3.8, 4) is 6.07 Å². The lowest BCUT2D eigenvalue weighted by molar-refractivity contribution is -0.122. The van der Waals surface area contributed by atoms with Crippen LogP contribution in [-0.4, -0.2) is 24.0 Å². The van der Waals surface area contributed by atoms with E-state index in [-0.39, 0.29) is 23.7 Å². The van der Waals surface area contributed by atoms with E-state index in [1.807, 2.05) is 19.9 Å². The van der Waals surface area contributed by atoms with E-state index in [1.165, 1.54) is 12.1 Å². The van der Waals surface area contributed by atoms with E-state index in [4.69, 9.17) is 5.26 Å². The lowest BCUT2D eigenvalue weighted by Gasteiger charge is -2.42. The van der Waals surface area contributed by atoms with Crippen LogP contribution in [-0.2, 0) is 4.79 Å². The molecule has 0 spiro atoms. The van der Waals surface area contributed by atoms with Crippen LogP contribution in [0.5, 0.6) is 0 Å². The highest BCUT2D eigenvalue weighted by atomic mass is 19.1. The lowest BCUT2D eigenvalue weighted by atomic mass is 9.96. The van der Waals surface area contributed by atoms with Crippen molar-refractivity contribution in [2.45, 2.75) is 31.8 Å². The minimum Gasteiger partial charge on any atom is -0.309 e. The van der Waals surface area contributed by atoms with Gasteiger partial charge in [0.15, 0.2) is 0 Å². The molecule has 5 heteroatoms. The van der Waals surface area contributed by atoms with Crippen LogP contribution in [0.1, 0.15) is 20.3 Å². The van der Waals surface area contributed by atoms with E-state index in [2.05, 4.69) is 5.32 Å². The number of rotatable bonds is 2. The van der Waals surface area contributed by atoms with Crippen LogP contribution in [0, 0.1) is 17.1 Å². The Kier molecular flexibility index (Phi) is 3.54. The molecule has 1 atom stereocenters. The second kappa shape index (κ2) is 4.98. The first-order chi connectivity index (χ1) is 8.93. The first-order valence-corrected chi connectivity index (χ1v) is 6.14. The Morgan fingerprint density at radius 1 is 1.47 bits per heavy atom. The van der Waals surface area contributed by atoms with Crippen LogP contribution >= 0.6 is 0 Å². The number of halogens is 1. The van der Waals surface area contributed by atoms with Crippen molar-refractivity contribution < 1.29 is 9.18 Å². The van der Waals surface area contributed by atoms with Crippen LogP contribution in [0.3, 0.4) is 0 Å². The van der Waals surface area contributed by atoms with Crippen molar-refractivity contribution in [3.05, 3.63) is 30.1 Å². The SMILES string of the molecule is CC1(C)CN(c2ccc(F)cc2)C(=O)C(CC#N)N1. The molecule has 1 aromatic carbocycles.